The lowest BCUT2D eigenvalue weighted by Gasteiger charge is -2.14. The Morgan fingerprint density at radius 1 is 0.875 bits per heavy atom. The monoisotopic (exact) mass is 318 g/mol. The summed E-state index contributed by atoms with van der Waals surface area (Å²) in [6.45, 7) is 3.64. The Morgan fingerprint density at radius 2 is 1.58 bits per heavy atom. The van der Waals surface area contributed by atoms with Gasteiger partial charge < -0.3 is 10.1 Å². The van der Waals surface area contributed by atoms with Crippen LogP contribution in [0.4, 0.5) is 0 Å². The van der Waals surface area contributed by atoms with Crippen LogP contribution in [-0.2, 0) is 6.54 Å². The van der Waals surface area contributed by atoms with Gasteiger partial charge in [-0.15, -0.1) is 0 Å². The maximum atomic E-state index is 5.76. The quantitative estimate of drug-likeness (QED) is 0.705. The van der Waals surface area contributed by atoms with E-state index in [0.717, 1.165) is 13.1 Å². The first-order valence-electron chi connectivity index (χ1n) is 8.24. The van der Waals surface area contributed by atoms with Gasteiger partial charge in [0.15, 0.2) is 0 Å². The molecule has 1 atom stereocenters. The van der Waals surface area contributed by atoms with Crippen molar-refractivity contribution in [1.82, 2.24) is 10.3 Å². The molecule has 0 unspecified atom stereocenters. The number of ether oxygens (including phenoxy) is 1. The van der Waals surface area contributed by atoms with Gasteiger partial charge in [-0.1, -0.05) is 60.7 Å². The van der Waals surface area contributed by atoms with Crippen molar-refractivity contribution in [3.05, 3.63) is 84.6 Å². The minimum atomic E-state index is 0.0727. The molecule has 0 bridgehead atoms. The summed E-state index contributed by atoms with van der Waals surface area (Å²) >= 11 is 0. The van der Waals surface area contributed by atoms with E-state index in [2.05, 4.69) is 58.8 Å². The van der Waals surface area contributed by atoms with Crippen molar-refractivity contribution in [3.8, 4) is 17.0 Å². The van der Waals surface area contributed by atoms with Gasteiger partial charge >= 0.3 is 0 Å². The van der Waals surface area contributed by atoms with E-state index in [1.807, 2.05) is 31.2 Å². The molecule has 0 aliphatic rings. The summed E-state index contributed by atoms with van der Waals surface area (Å²) in [4.78, 5) is 4.17. The summed E-state index contributed by atoms with van der Waals surface area (Å²) in [5.74, 6) is 0.666. The third-order valence-corrected chi connectivity index (χ3v) is 3.78. The van der Waals surface area contributed by atoms with Crippen LogP contribution in [0.3, 0.4) is 0 Å². The number of nitrogens with zero attached hydrogens (tertiary/aromatic N) is 1. The molecule has 0 saturated carbocycles. The predicted molar refractivity (Wildman–Crippen MR) is 97.9 cm³/mol. The Hall–Kier alpha value is -2.65. The van der Waals surface area contributed by atoms with Crippen LogP contribution in [0.15, 0.2) is 79.0 Å². The Balaban J connectivity index is 1.47. The van der Waals surface area contributed by atoms with Crippen molar-refractivity contribution in [2.75, 3.05) is 6.54 Å². The molecule has 0 spiro atoms. The van der Waals surface area contributed by atoms with Crippen LogP contribution in [0.25, 0.3) is 11.1 Å². The topological polar surface area (TPSA) is 34.1 Å². The van der Waals surface area contributed by atoms with Crippen LogP contribution < -0.4 is 10.1 Å². The average molecular weight is 318 g/mol. The lowest BCUT2D eigenvalue weighted by Crippen LogP contribution is -2.28. The summed E-state index contributed by atoms with van der Waals surface area (Å²) < 4.78 is 5.76. The van der Waals surface area contributed by atoms with Gasteiger partial charge in [0.25, 0.3) is 0 Å². The normalized spacial score (nSPS) is 11.9. The largest absolute Gasteiger partial charge is 0.473 e. The fraction of sp³-hybridized carbons (Fsp3) is 0.190. The average Bonchev–Trinajstić information content (AvgIpc) is 2.64. The molecule has 0 radical (unpaired) electrons. The van der Waals surface area contributed by atoms with Gasteiger partial charge in [-0.2, -0.15) is 0 Å². The van der Waals surface area contributed by atoms with Crippen molar-refractivity contribution >= 4 is 0 Å². The molecule has 0 amide bonds. The van der Waals surface area contributed by atoms with E-state index < -0.39 is 0 Å². The molecule has 24 heavy (non-hydrogen) atoms. The van der Waals surface area contributed by atoms with Crippen molar-refractivity contribution in [3.63, 3.8) is 0 Å². The summed E-state index contributed by atoms with van der Waals surface area (Å²) in [6.07, 6.45) is 1.81. The minimum absolute atomic E-state index is 0.0727. The van der Waals surface area contributed by atoms with Crippen LogP contribution in [0.2, 0.25) is 0 Å². The zero-order valence-electron chi connectivity index (χ0n) is 13.9. The molecule has 3 heteroatoms. The molecule has 0 fully saturated rings. The smallest absolute Gasteiger partial charge is 0.213 e. The predicted octanol–water partition coefficient (Wildman–Crippen LogP) is 4.31. The lowest BCUT2D eigenvalue weighted by atomic mass is 10.0. The molecule has 2 aromatic carbocycles. The highest BCUT2D eigenvalue weighted by Crippen LogP contribution is 2.19. The van der Waals surface area contributed by atoms with E-state index in [1.54, 1.807) is 6.20 Å². The highest BCUT2D eigenvalue weighted by Gasteiger charge is 2.04. The molecule has 3 aromatic rings. The van der Waals surface area contributed by atoms with E-state index in [4.69, 9.17) is 4.74 Å². The second-order valence-corrected chi connectivity index (χ2v) is 5.79. The van der Waals surface area contributed by atoms with Gasteiger partial charge in [0.05, 0.1) is 0 Å². The van der Waals surface area contributed by atoms with Gasteiger partial charge in [0.1, 0.15) is 6.10 Å². The van der Waals surface area contributed by atoms with E-state index >= 15 is 0 Å². The lowest BCUT2D eigenvalue weighted by molar-refractivity contribution is 0.208. The number of benzene rings is 2. The molecule has 3 rings (SSSR count). The van der Waals surface area contributed by atoms with Gasteiger partial charge in [-0.25, -0.2) is 4.98 Å². The van der Waals surface area contributed by atoms with Crippen molar-refractivity contribution in [2.45, 2.75) is 19.6 Å². The molecule has 1 heterocycles. The van der Waals surface area contributed by atoms with Crippen molar-refractivity contribution in [1.29, 1.82) is 0 Å². The van der Waals surface area contributed by atoms with Crippen molar-refractivity contribution in [2.24, 2.45) is 0 Å². The van der Waals surface area contributed by atoms with Crippen LogP contribution in [-0.4, -0.2) is 17.6 Å². The van der Waals surface area contributed by atoms with Crippen LogP contribution >= 0.6 is 0 Å². The molecule has 0 aliphatic carbocycles. The maximum absolute atomic E-state index is 5.76. The summed E-state index contributed by atoms with van der Waals surface area (Å²) in [6, 6.07) is 24.8. The van der Waals surface area contributed by atoms with Gasteiger partial charge in [0, 0.05) is 25.4 Å². The Kier molecular flexibility index (Phi) is 5.59. The molecule has 122 valence electrons. The first-order valence-corrected chi connectivity index (χ1v) is 8.24. The molecule has 1 aromatic heterocycles. The second-order valence-electron chi connectivity index (χ2n) is 5.79. The standard InChI is InChI=1S/C21H22N2O/c1-17(24-21-9-5-6-14-23-21)15-22-16-18-10-12-20(13-11-18)19-7-3-2-4-8-19/h2-14,17,22H,15-16H2,1H3/t17-/m0/s1. The number of aromatic nitrogens is 1. The Morgan fingerprint density at radius 3 is 2.29 bits per heavy atom. The van der Waals surface area contributed by atoms with E-state index in [9.17, 15) is 0 Å². The van der Waals surface area contributed by atoms with E-state index in [1.165, 1.54) is 16.7 Å². The zero-order chi connectivity index (χ0) is 16.6. The number of hydrogen-bond acceptors (Lipinski definition) is 3. The summed E-state index contributed by atoms with van der Waals surface area (Å²) in [5.41, 5.74) is 3.75. The number of nitrogens with one attached hydrogen (secondary N) is 1. The highest BCUT2D eigenvalue weighted by molar-refractivity contribution is 5.63. The summed E-state index contributed by atoms with van der Waals surface area (Å²) in [7, 11) is 0. The molecule has 0 saturated heterocycles. The van der Waals surface area contributed by atoms with Crippen LogP contribution in [0, 0.1) is 0 Å². The van der Waals surface area contributed by atoms with Gasteiger partial charge in [-0.05, 0) is 29.7 Å². The fourth-order valence-corrected chi connectivity index (χ4v) is 2.53. The van der Waals surface area contributed by atoms with Crippen molar-refractivity contribution < 1.29 is 4.74 Å². The van der Waals surface area contributed by atoms with Crippen LogP contribution in [0.1, 0.15) is 12.5 Å². The number of pyridine rings is 1. The second kappa shape index (κ2) is 8.27. The molecule has 1 N–H and O–H groups in total. The van der Waals surface area contributed by atoms with E-state index in [0.29, 0.717) is 5.88 Å². The number of hydrogen-bond donors (Lipinski definition) is 1. The molecular weight excluding hydrogens is 296 g/mol. The van der Waals surface area contributed by atoms with Gasteiger partial charge in [-0.3, -0.25) is 0 Å². The van der Waals surface area contributed by atoms with Crippen LogP contribution in [0.5, 0.6) is 5.88 Å². The third-order valence-electron chi connectivity index (χ3n) is 3.78. The Bertz CT molecular complexity index is 727. The molecule has 3 nitrogen and oxygen atoms in total. The third kappa shape index (κ3) is 4.67. The fourth-order valence-electron chi connectivity index (χ4n) is 2.53. The molecule has 0 aliphatic heterocycles. The first kappa shape index (κ1) is 16.2. The van der Waals surface area contributed by atoms with E-state index in [-0.39, 0.29) is 6.10 Å². The highest BCUT2D eigenvalue weighted by atomic mass is 16.5. The minimum Gasteiger partial charge on any atom is -0.473 e. The zero-order valence-corrected chi connectivity index (χ0v) is 13.9. The SMILES string of the molecule is C[C@@H](CNCc1ccc(-c2ccccc2)cc1)Oc1ccccn1. The Labute approximate surface area is 143 Å². The van der Waals surface area contributed by atoms with Gasteiger partial charge in [0.2, 0.25) is 5.88 Å². The summed E-state index contributed by atoms with van der Waals surface area (Å²) in [5, 5.41) is 3.43. The first-order chi connectivity index (χ1) is 11.8. The molecular formula is C21H22N2O. The maximum Gasteiger partial charge on any atom is 0.213 e. The number of rotatable bonds is 7.